The van der Waals surface area contributed by atoms with Crippen molar-refractivity contribution in [3.63, 3.8) is 0 Å². The number of amides is 4. The summed E-state index contributed by atoms with van der Waals surface area (Å²) in [6.45, 7) is 16.0. The summed E-state index contributed by atoms with van der Waals surface area (Å²) in [5, 5.41) is 18.6. The van der Waals surface area contributed by atoms with Crippen LogP contribution in [0.1, 0.15) is 74.1 Å². The van der Waals surface area contributed by atoms with E-state index in [0.29, 0.717) is 19.4 Å². The van der Waals surface area contributed by atoms with Crippen molar-refractivity contribution < 1.29 is 43.3 Å². The third-order valence-corrected chi connectivity index (χ3v) is 5.60. The maximum atomic E-state index is 13.1. The lowest BCUT2D eigenvalue weighted by Gasteiger charge is -2.26. The van der Waals surface area contributed by atoms with E-state index in [-0.39, 0.29) is 26.0 Å². The Morgan fingerprint density at radius 3 is 2.15 bits per heavy atom. The van der Waals surface area contributed by atoms with E-state index in [2.05, 4.69) is 28.0 Å². The molecule has 41 heavy (non-hydrogen) atoms. The van der Waals surface area contributed by atoms with Gasteiger partial charge < -0.3 is 35.3 Å². The van der Waals surface area contributed by atoms with Crippen molar-refractivity contribution in [1.82, 2.24) is 26.4 Å². The Hall–Kier alpha value is -3.39. The highest BCUT2D eigenvalue weighted by Crippen LogP contribution is 2.19. The molecule has 14 nitrogen and oxygen atoms in total. The van der Waals surface area contributed by atoms with Gasteiger partial charge in [-0.1, -0.05) is 6.08 Å². The Bertz CT molecular complexity index is 929. The third kappa shape index (κ3) is 14.7. The number of unbranched alkanes of at least 4 members (excludes halogenated alkanes) is 1. The number of aliphatic carboxylic acids is 1. The Morgan fingerprint density at radius 1 is 0.976 bits per heavy atom. The normalized spacial score (nSPS) is 18.9. The topological polar surface area (TPSA) is 185 Å². The molecule has 14 heteroatoms. The number of nitrogens with zero attached hydrogens (tertiary/aromatic N) is 1. The van der Waals surface area contributed by atoms with Crippen LogP contribution >= 0.6 is 0 Å². The summed E-state index contributed by atoms with van der Waals surface area (Å²) >= 11 is 0. The monoisotopic (exact) mass is 585 g/mol. The smallest absolute Gasteiger partial charge is 0.408 e. The van der Waals surface area contributed by atoms with Crippen molar-refractivity contribution in [2.24, 2.45) is 0 Å². The Kier molecular flexibility index (Phi) is 14.0. The second-order valence-corrected chi connectivity index (χ2v) is 11.8. The summed E-state index contributed by atoms with van der Waals surface area (Å²) in [7, 11) is 0. The Morgan fingerprint density at radius 2 is 1.59 bits per heavy atom. The van der Waals surface area contributed by atoms with Crippen molar-refractivity contribution >= 4 is 30.0 Å². The first-order valence-electron chi connectivity index (χ1n) is 13.7. The van der Waals surface area contributed by atoms with E-state index < -0.39 is 65.4 Å². The first-order valence-corrected chi connectivity index (χ1v) is 13.7. The number of hydrogen-bond acceptors (Lipinski definition) is 9. The van der Waals surface area contributed by atoms with Crippen LogP contribution in [0, 0.1) is 0 Å². The maximum absolute atomic E-state index is 13.1. The molecule has 0 aromatic heterocycles. The summed E-state index contributed by atoms with van der Waals surface area (Å²) in [5.41, 5.74) is 1.13. The summed E-state index contributed by atoms with van der Waals surface area (Å²) in [5.74, 6) is -2.37. The average molecular weight is 586 g/mol. The molecule has 1 aliphatic heterocycles. The molecule has 0 unspecified atom stereocenters. The highest BCUT2D eigenvalue weighted by molar-refractivity contribution is 5.91. The lowest BCUT2D eigenvalue weighted by atomic mass is 10.1. The zero-order valence-electron chi connectivity index (χ0n) is 25.2. The zero-order valence-corrected chi connectivity index (χ0v) is 25.2. The quantitative estimate of drug-likeness (QED) is 0.149. The molecule has 1 heterocycles. The fourth-order valence-corrected chi connectivity index (χ4v) is 3.79. The van der Waals surface area contributed by atoms with Crippen LogP contribution in [0.5, 0.6) is 0 Å². The zero-order chi connectivity index (χ0) is 31.4. The second-order valence-electron chi connectivity index (χ2n) is 11.8. The minimum atomic E-state index is -1.12. The number of carboxylic acid groups (broad SMARTS) is 1. The summed E-state index contributed by atoms with van der Waals surface area (Å²) in [4.78, 5) is 61.8. The van der Waals surface area contributed by atoms with Gasteiger partial charge in [-0.15, -0.1) is 6.58 Å². The van der Waals surface area contributed by atoms with Gasteiger partial charge >= 0.3 is 18.2 Å². The molecule has 0 saturated carbocycles. The third-order valence-electron chi connectivity index (χ3n) is 5.60. The van der Waals surface area contributed by atoms with Gasteiger partial charge in [0.25, 0.3) is 5.91 Å². The second kappa shape index (κ2) is 16.2. The molecule has 4 amide bonds. The number of nitrogens with one attached hydrogen (secondary N) is 4. The molecule has 5 N–H and O–H groups in total. The van der Waals surface area contributed by atoms with Gasteiger partial charge in [0.15, 0.2) is 0 Å². The number of carboxylic acids is 1. The molecule has 1 fully saturated rings. The first-order chi connectivity index (χ1) is 18.9. The van der Waals surface area contributed by atoms with E-state index in [1.54, 1.807) is 47.6 Å². The summed E-state index contributed by atoms with van der Waals surface area (Å²) in [6.07, 6.45) is 1.11. The van der Waals surface area contributed by atoms with Gasteiger partial charge in [0.2, 0.25) is 5.91 Å². The minimum Gasteiger partial charge on any atom is -0.480 e. The van der Waals surface area contributed by atoms with E-state index in [0.717, 1.165) is 0 Å². The van der Waals surface area contributed by atoms with Crippen LogP contribution in [-0.4, -0.2) is 95.2 Å². The van der Waals surface area contributed by atoms with Gasteiger partial charge in [0.1, 0.15) is 29.3 Å². The number of hydrazine groups is 1. The van der Waals surface area contributed by atoms with Crippen molar-refractivity contribution in [2.75, 3.05) is 19.7 Å². The molecule has 0 bridgehead atoms. The predicted molar refractivity (Wildman–Crippen MR) is 150 cm³/mol. The van der Waals surface area contributed by atoms with Crippen LogP contribution < -0.4 is 21.4 Å². The van der Waals surface area contributed by atoms with E-state index in [9.17, 15) is 29.1 Å². The number of ether oxygens (including phenoxy) is 3. The number of hydrogen-bond donors (Lipinski definition) is 5. The molecular weight excluding hydrogens is 538 g/mol. The van der Waals surface area contributed by atoms with E-state index in [1.165, 1.54) is 11.9 Å². The molecule has 1 saturated heterocycles. The largest absolute Gasteiger partial charge is 0.480 e. The lowest BCUT2D eigenvalue weighted by Crippen LogP contribution is -2.57. The lowest BCUT2D eigenvalue weighted by molar-refractivity contribution is -0.145. The fourth-order valence-electron chi connectivity index (χ4n) is 3.79. The fraction of sp³-hybridized carbons (Fsp3) is 0.741. The molecule has 0 radical (unpaired) electrons. The van der Waals surface area contributed by atoms with Crippen molar-refractivity contribution in [3.8, 4) is 0 Å². The van der Waals surface area contributed by atoms with Gasteiger partial charge in [-0.25, -0.2) is 14.6 Å². The van der Waals surface area contributed by atoms with Crippen LogP contribution in [0.15, 0.2) is 12.7 Å². The minimum absolute atomic E-state index is 0.150. The van der Waals surface area contributed by atoms with Gasteiger partial charge in [0, 0.05) is 19.5 Å². The van der Waals surface area contributed by atoms with Crippen LogP contribution in [0.2, 0.25) is 0 Å². The molecular formula is C27H47N5O9. The average Bonchev–Trinajstić information content (AvgIpc) is 3.22. The summed E-state index contributed by atoms with van der Waals surface area (Å²) in [6, 6.07) is -3.08. The van der Waals surface area contributed by atoms with Crippen LogP contribution in [0.3, 0.4) is 0 Å². The number of alkyl carbamates (subject to hydrolysis) is 2. The Balaban J connectivity index is 2.75. The van der Waals surface area contributed by atoms with Crippen LogP contribution in [-0.2, 0) is 28.6 Å². The van der Waals surface area contributed by atoms with Gasteiger partial charge in [-0.3, -0.25) is 19.8 Å². The van der Waals surface area contributed by atoms with Crippen LogP contribution in [0.4, 0.5) is 9.59 Å². The molecule has 4 atom stereocenters. The molecule has 0 aromatic carbocycles. The van der Waals surface area contributed by atoms with Crippen molar-refractivity contribution in [1.29, 1.82) is 0 Å². The van der Waals surface area contributed by atoms with Crippen molar-refractivity contribution in [2.45, 2.75) is 110 Å². The number of rotatable bonds is 14. The standard InChI is InChI=1S/C27H47N5O9/c1-9-14-39-18-15-20(23(35)36)32(16-18)31-21(33)17(2)29-22(34)19(30-25(38)41-27(6,7)8)12-10-11-13-28-24(37)40-26(3,4)5/h9,17-20H,1,10-16H2,2-8H3,(H,28,37)(H,29,34)(H,30,38)(H,31,33)(H,35,36)/t17-,18+,19-,20-/m0/s1. The molecule has 1 rings (SSSR count). The predicted octanol–water partition coefficient (Wildman–Crippen LogP) is 1.84. The van der Waals surface area contributed by atoms with Crippen LogP contribution in [0.25, 0.3) is 0 Å². The Labute approximate surface area is 241 Å². The van der Waals surface area contributed by atoms with Gasteiger partial charge in [-0.2, -0.15) is 0 Å². The van der Waals surface area contributed by atoms with E-state index >= 15 is 0 Å². The first kappa shape index (κ1) is 35.6. The summed E-state index contributed by atoms with van der Waals surface area (Å²) < 4.78 is 16.0. The van der Waals surface area contributed by atoms with Gasteiger partial charge in [-0.05, 0) is 67.7 Å². The highest BCUT2D eigenvalue weighted by Gasteiger charge is 2.39. The number of carbonyl (C=O) groups excluding carboxylic acids is 4. The van der Waals surface area contributed by atoms with Gasteiger partial charge in [0.05, 0.1) is 12.7 Å². The SMILES string of the molecule is C=CCO[C@@H]1C[C@@H](C(=O)O)N(NC(=O)[C@H](C)NC(=O)[C@H](CCCCNC(=O)OC(C)(C)C)NC(=O)OC(C)(C)C)C1. The number of carbonyl (C=O) groups is 5. The van der Waals surface area contributed by atoms with Crippen molar-refractivity contribution in [3.05, 3.63) is 12.7 Å². The molecule has 0 aromatic rings. The molecule has 0 aliphatic carbocycles. The molecule has 0 spiro atoms. The van der Waals surface area contributed by atoms with E-state index in [1.807, 2.05) is 0 Å². The highest BCUT2D eigenvalue weighted by atomic mass is 16.6. The maximum Gasteiger partial charge on any atom is 0.408 e. The van der Waals surface area contributed by atoms with E-state index in [4.69, 9.17) is 14.2 Å². The molecule has 1 aliphatic rings. The molecule has 234 valence electrons.